The van der Waals surface area contributed by atoms with Gasteiger partial charge in [-0.05, 0) is 92.0 Å². The van der Waals surface area contributed by atoms with E-state index in [0.29, 0.717) is 43.1 Å². The lowest BCUT2D eigenvalue weighted by Gasteiger charge is -2.30. The van der Waals surface area contributed by atoms with Gasteiger partial charge in [-0.3, -0.25) is 29.0 Å². The van der Waals surface area contributed by atoms with Crippen LogP contribution in [0.3, 0.4) is 0 Å². The largest absolute Gasteiger partial charge is 0.270 e. The van der Waals surface area contributed by atoms with E-state index in [0.717, 1.165) is 43.4 Å². The lowest BCUT2D eigenvalue weighted by atomic mass is 9.82. The summed E-state index contributed by atoms with van der Waals surface area (Å²) >= 11 is 12.3. The molecule has 8 heteroatoms. The Morgan fingerprint density at radius 1 is 0.438 bits per heavy atom. The number of rotatable bonds is 4. The summed E-state index contributed by atoms with van der Waals surface area (Å²) in [5.74, 6) is -1.47. The molecule has 2 heterocycles. The Bertz CT molecular complexity index is 2260. The smallest absolute Gasteiger partial charge is 0.261 e. The molecule has 0 saturated heterocycles. The van der Waals surface area contributed by atoms with Crippen LogP contribution in [0.5, 0.6) is 0 Å². The fraction of sp³-hybridized carbons (Fsp3) is 0.100. The highest BCUT2D eigenvalue weighted by Crippen LogP contribution is 2.46. The zero-order chi connectivity index (χ0) is 33.4. The zero-order valence-electron chi connectivity index (χ0n) is 25.9. The number of halogens is 2. The molecule has 0 bridgehead atoms. The maximum atomic E-state index is 13.8. The molecule has 0 radical (unpaired) electrons. The third-order valence-electron chi connectivity index (χ3n) is 9.26. The van der Waals surface area contributed by atoms with Gasteiger partial charge in [0.25, 0.3) is 23.6 Å². The second-order valence-electron chi connectivity index (χ2n) is 11.8. The van der Waals surface area contributed by atoms with Crippen molar-refractivity contribution in [1.82, 2.24) is 9.80 Å². The van der Waals surface area contributed by atoms with E-state index in [2.05, 4.69) is 0 Å². The van der Waals surface area contributed by atoms with Crippen molar-refractivity contribution in [2.45, 2.75) is 26.9 Å². The third-order valence-corrected chi connectivity index (χ3v) is 9.73. The van der Waals surface area contributed by atoms with Crippen molar-refractivity contribution in [2.24, 2.45) is 0 Å². The summed E-state index contributed by atoms with van der Waals surface area (Å²) in [5.41, 5.74) is 3.32. The first-order chi connectivity index (χ1) is 23.3. The highest BCUT2D eigenvalue weighted by molar-refractivity contribution is 6.41. The lowest BCUT2D eigenvalue weighted by Crippen LogP contribution is -2.40. The standard InChI is InChI=1S/C38H20Cl2N2O4.C2H6/c39-21-5-1-3-19(15-21)17-41-35(43)27-11-7-23-25-9-13-29-34-30(38(46)42(37(29)45)18-20-4-2-6-22(40)16-20)14-10-26(32(25)34)24-8-12-28(36(41)44)33(27)31(23)24;1-2/h1-16H,17-18H2;1-2H3. The number of benzene rings is 7. The number of carbonyl (C=O) groups is 4. The van der Waals surface area contributed by atoms with Crippen LogP contribution in [-0.4, -0.2) is 33.4 Å². The Hall–Kier alpha value is -5.30. The predicted molar refractivity (Wildman–Crippen MR) is 190 cm³/mol. The summed E-state index contributed by atoms with van der Waals surface area (Å²) < 4.78 is 0. The molecule has 0 N–H and O–H groups in total. The third kappa shape index (κ3) is 4.26. The van der Waals surface area contributed by atoms with Gasteiger partial charge in [-0.15, -0.1) is 0 Å². The molecule has 0 fully saturated rings. The van der Waals surface area contributed by atoms with Gasteiger partial charge in [-0.25, -0.2) is 0 Å². The van der Waals surface area contributed by atoms with Crippen LogP contribution in [0.1, 0.15) is 66.4 Å². The zero-order valence-corrected chi connectivity index (χ0v) is 27.4. The van der Waals surface area contributed by atoms with Crippen molar-refractivity contribution in [1.29, 1.82) is 0 Å². The molecular formula is C40H26Cl2N2O4. The first kappa shape index (κ1) is 30.1. The predicted octanol–water partition coefficient (Wildman–Crippen LogP) is 9.66. The van der Waals surface area contributed by atoms with Crippen LogP contribution in [0.25, 0.3) is 43.1 Å². The van der Waals surface area contributed by atoms with Gasteiger partial charge in [0, 0.05) is 43.1 Å². The highest BCUT2D eigenvalue weighted by atomic mass is 35.5. The number of hydrogen-bond donors (Lipinski definition) is 0. The van der Waals surface area contributed by atoms with Crippen molar-refractivity contribution >= 4 is 89.9 Å². The van der Waals surface area contributed by atoms with E-state index in [1.807, 2.05) is 50.2 Å². The molecule has 7 aromatic carbocycles. The minimum Gasteiger partial charge on any atom is -0.270 e. The van der Waals surface area contributed by atoms with Gasteiger partial charge in [0.05, 0.1) is 13.1 Å². The molecule has 0 aromatic heterocycles. The minimum absolute atomic E-state index is 0.104. The molecule has 234 valence electrons. The Morgan fingerprint density at radius 2 is 0.750 bits per heavy atom. The van der Waals surface area contributed by atoms with Crippen LogP contribution < -0.4 is 0 Å². The van der Waals surface area contributed by atoms with Crippen molar-refractivity contribution in [3.63, 3.8) is 0 Å². The summed E-state index contributed by atoms with van der Waals surface area (Å²) in [6.45, 7) is 4.21. The van der Waals surface area contributed by atoms with Gasteiger partial charge < -0.3 is 0 Å². The lowest BCUT2D eigenvalue weighted by molar-refractivity contribution is 0.0583. The average molecular weight is 670 g/mol. The van der Waals surface area contributed by atoms with Gasteiger partial charge in [-0.2, -0.15) is 0 Å². The van der Waals surface area contributed by atoms with Crippen LogP contribution >= 0.6 is 23.2 Å². The van der Waals surface area contributed by atoms with Crippen LogP contribution in [0.2, 0.25) is 10.0 Å². The van der Waals surface area contributed by atoms with E-state index in [1.165, 1.54) is 9.80 Å². The number of imide groups is 2. The average Bonchev–Trinajstić information content (AvgIpc) is 3.10. The van der Waals surface area contributed by atoms with Gasteiger partial charge in [-0.1, -0.05) is 85.6 Å². The van der Waals surface area contributed by atoms with E-state index in [1.54, 1.807) is 60.7 Å². The van der Waals surface area contributed by atoms with Gasteiger partial charge in [0.2, 0.25) is 0 Å². The van der Waals surface area contributed by atoms with E-state index >= 15 is 0 Å². The highest BCUT2D eigenvalue weighted by Gasteiger charge is 2.37. The normalized spacial score (nSPS) is 14.1. The minimum atomic E-state index is -0.367. The number of carbonyl (C=O) groups excluding carboxylic acids is 4. The molecule has 0 spiro atoms. The first-order valence-electron chi connectivity index (χ1n) is 15.7. The SMILES string of the molecule is CC.O=C1c2ccc3c4ccc5c6c(ccc(c7ccc(c2c37)C(=O)N1Cc1cccc(Cl)c1)c64)C(=O)N(Cc1cccc(Cl)c1)C5=O. The molecule has 0 atom stereocenters. The number of hydrogen-bond acceptors (Lipinski definition) is 4. The molecule has 0 unspecified atom stereocenters. The second kappa shape index (κ2) is 11.2. The Morgan fingerprint density at radius 3 is 1.04 bits per heavy atom. The quantitative estimate of drug-likeness (QED) is 0.106. The summed E-state index contributed by atoms with van der Waals surface area (Å²) in [6.07, 6.45) is 0. The molecule has 2 aliphatic heterocycles. The fourth-order valence-corrected chi connectivity index (χ4v) is 7.72. The van der Waals surface area contributed by atoms with E-state index in [4.69, 9.17) is 23.2 Å². The van der Waals surface area contributed by atoms with Crippen LogP contribution in [0.4, 0.5) is 0 Å². The molecule has 9 rings (SSSR count). The van der Waals surface area contributed by atoms with Crippen LogP contribution in [-0.2, 0) is 13.1 Å². The second-order valence-corrected chi connectivity index (χ2v) is 12.7. The molecule has 0 saturated carbocycles. The fourth-order valence-electron chi connectivity index (χ4n) is 7.29. The first-order valence-corrected chi connectivity index (χ1v) is 16.5. The van der Waals surface area contributed by atoms with E-state index < -0.39 is 0 Å². The molecule has 4 amide bonds. The van der Waals surface area contributed by atoms with Crippen molar-refractivity contribution in [3.05, 3.63) is 140 Å². The number of nitrogens with zero attached hydrogens (tertiary/aromatic N) is 2. The number of amides is 4. The van der Waals surface area contributed by atoms with E-state index in [9.17, 15) is 19.2 Å². The Labute approximate surface area is 285 Å². The summed E-state index contributed by atoms with van der Waals surface area (Å²) in [5, 5.41) is 7.30. The summed E-state index contributed by atoms with van der Waals surface area (Å²) in [6, 6.07) is 29.0. The summed E-state index contributed by atoms with van der Waals surface area (Å²) in [7, 11) is 0. The van der Waals surface area contributed by atoms with Crippen LogP contribution in [0.15, 0.2) is 97.1 Å². The Kier molecular flexibility index (Phi) is 6.98. The topological polar surface area (TPSA) is 74.8 Å². The summed E-state index contributed by atoms with van der Waals surface area (Å²) in [4.78, 5) is 57.9. The maximum Gasteiger partial charge on any atom is 0.261 e. The van der Waals surface area contributed by atoms with Crippen molar-refractivity contribution in [3.8, 4) is 0 Å². The maximum absolute atomic E-state index is 13.8. The monoisotopic (exact) mass is 668 g/mol. The molecule has 48 heavy (non-hydrogen) atoms. The van der Waals surface area contributed by atoms with Gasteiger partial charge >= 0.3 is 0 Å². The van der Waals surface area contributed by atoms with E-state index in [-0.39, 0.29) is 36.7 Å². The number of fused-ring (bicyclic) bond motifs is 2. The molecule has 2 aliphatic rings. The molecule has 7 aromatic rings. The van der Waals surface area contributed by atoms with Gasteiger partial charge in [0.1, 0.15) is 0 Å². The van der Waals surface area contributed by atoms with Crippen molar-refractivity contribution in [2.75, 3.05) is 0 Å². The molecule has 6 nitrogen and oxygen atoms in total. The Balaban J connectivity index is 0.00000165. The molecular weight excluding hydrogens is 643 g/mol. The van der Waals surface area contributed by atoms with Crippen molar-refractivity contribution < 1.29 is 19.2 Å². The van der Waals surface area contributed by atoms with Crippen LogP contribution in [0, 0.1) is 0 Å². The van der Waals surface area contributed by atoms with Gasteiger partial charge in [0.15, 0.2) is 0 Å². The molecule has 0 aliphatic carbocycles.